The fourth-order valence-electron chi connectivity index (χ4n) is 3.48. The van der Waals surface area contributed by atoms with Crippen molar-refractivity contribution in [2.24, 2.45) is 0 Å². The van der Waals surface area contributed by atoms with Crippen LogP contribution in [0.3, 0.4) is 0 Å². The lowest BCUT2D eigenvalue weighted by Crippen LogP contribution is -2.34. The zero-order valence-corrected chi connectivity index (χ0v) is 14.6. The van der Waals surface area contributed by atoms with E-state index in [1.807, 2.05) is 25.1 Å². The van der Waals surface area contributed by atoms with Gasteiger partial charge in [0.2, 0.25) is 11.5 Å². The largest absolute Gasteiger partial charge is 0.398 e. The third kappa shape index (κ3) is 2.51. The van der Waals surface area contributed by atoms with Crippen LogP contribution in [-0.4, -0.2) is 11.4 Å². The third-order valence-corrected chi connectivity index (χ3v) is 4.82. The van der Waals surface area contributed by atoms with Crippen molar-refractivity contribution in [1.29, 1.82) is 0 Å². The highest BCUT2D eigenvalue weighted by atomic mass is 16.5. The molecule has 0 atom stereocenters. The van der Waals surface area contributed by atoms with E-state index in [1.165, 1.54) is 0 Å². The van der Waals surface area contributed by atoms with Gasteiger partial charge in [-0.25, -0.2) is 0 Å². The van der Waals surface area contributed by atoms with E-state index in [1.54, 1.807) is 12.1 Å². The van der Waals surface area contributed by atoms with E-state index in [4.69, 9.17) is 14.9 Å². The summed E-state index contributed by atoms with van der Waals surface area (Å²) in [7, 11) is 0. The molecule has 0 bridgehead atoms. The minimum atomic E-state index is -0.277. The summed E-state index contributed by atoms with van der Waals surface area (Å²) in [5.41, 5.74) is 10.8. The number of rotatable bonds is 2. The second-order valence-electron chi connectivity index (χ2n) is 7.18. The number of fused-ring (bicyclic) bond motifs is 3. The van der Waals surface area contributed by atoms with Crippen LogP contribution < -0.4 is 10.7 Å². The molecule has 3 heterocycles. The second kappa shape index (κ2) is 5.43. The predicted molar refractivity (Wildman–Crippen MR) is 94.4 cm³/mol. The maximum atomic E-state index is 12.8. The lowest BCUT2D eigenvalue weighted by molar-refractivity contribution is -0.367. The lowest BCUT2D eigenvalue weighted by atomic mass is 9.89. The predicted octanol–water partition coefficient (Wildman–Crippen LogP) is 3.22. The van der Waals surface area contributed by atoms with Crippen molar-refractivity contribution in [2.75, 3.05) is 5.73 Å². The summed E-state index contributed by atoms with van der Waals surface area (Å²) < 4.78 is 11.8. The number of hydrogen-bond donors (Lipinski definition) is 1. The Hall–Kier alpha value is -2.66. The maximum absolute atomic E-state index is 12.8. The molecule has 25 heavy (non-hydrogen) atoms. The number of nitrogens with two attached hydrogens (primary N) is 1. The zero-order valence-electron chi connectivity index (χ0n) is 14.6. The van der Waals surface area contributed by atoms with Crippen molar-refractivity contribution in [3.05, 3.63) is 58.5 Å². The summed E-state index contributed by atoms with van der Waals surface area (Å²) in [6.07, 6.45) is 0.719. The number of ketones is 1. The number of benzene rings is 1. The highest BCUT2D eigenvalue weighted by molar-refractivity contribution is 6.14. The van der Waals surface area contributed by atoms with Gasteiger partial charge >= 0.3 is 5.71 Å². The molecule has 0 fully saturated rings. The number of nitrogen functional groups attached to an aromatic ring is 1. The standard InChI is InChI=1S/C20H20N2O3/c1-11-14-10-24-20(2,3)9-13(14)15-16(21)18(25-19(15)22-11)17(23)12-7-5-4-6-8-12/h4-8H,9-10,21H2,1-3H3/p+1. The van der Waals surface area contributed by atoms with Gasteiger partial charge in [0.05, 0.1) is 17.9 Å². The number of pyridine rings is 1. The van der Waals surface area contributed by atoms with Gasteiger partial charge in [-0.2, -0.15) is 4.98 Å². The minimum Gasteiger partial charge on any atom is -0.398 e. The van der Waals surface area contributed by atoms with Gasteiger partial charge in [-0.1, -0.05) is 30.3 Å². The number of carbonyl (C=O) groups excluding carboxylic acids is 1. The molecule has 1 aliphatic heterocycles. The molecule has 3 N–H and O–H groups in total. The topological polar surface area (TPSA) is 79.6 Å². The van der Waals surface area contributed by atoms with Crippen LogP contribution in [0.4, 0.5) is 5.69 Å². The van der Waals surface area contributed by atoms with E-state index >= 15 is 0 Å². The smallest absolute Gasteiger partial charge is 0.382 e. The van der Waals surface area contributed by atoms with E-state index in [2.05, 4.69) is 18.8 Å². The monoisotopic (exact) mass is 337 g/mol. The molecule has 2 aromatic heterocycles. The Morgan fingerprint density at radius 3 is 2.64 bits per heavy atom. The fourth-order valence-corrected chi connectivity index (χ4v) is 3.48. The Balaban J connectivity index is 1.93. The average Bonchev–Trinajstić information content (AvgIpc) is 2.90. The van der Waals surface area contributed by atoms with Gasteiger partial charge in [-0.15, -0.1) is 0 Å². The number of carbonyl (C=O) groups is 1. The molecule has 1 aromatic carbocycles. The molecule has 128 valence electrons. The molecule has 5 nitrogen and oxygen atoms in total. The summed E-state index contributed by atoms with van der Waals surface area (Å²) in [6, 6.07) is 9.04. The van der Waals surface area contributed by atoms with Gasteiger partial charge < -0.3 is 14.9 Å². The summed E-state index contributed by atoms with van der Waals surface area (Å²) in [5, 5.41) is 0.802. The van der Waals surface area contributed by atoms with Crippen LogP contribution in [0.2, 0.25) is 0 Å². The number of aromatic amines is 1. The number of hydrogen-bond acceptors (Lipinski definition) is 4. The maximum Gasteiger partial charge on any atom is 0.382 e. The van der Waals surface area contributed by atoms with Crippen molar-refractivity contribution >= 4 is 22.6 Å². The third-order valence-electron chi connectivity index (χ3n) is 4.82. The van der Waals surface area contributed by atoms with Gasteiger partial charge in [0.1, 0.15) is 5.39 Å². The van der Waals surface area contributed by atoms with Crippen LogP contribution in [0.5, 0.6) is 0 Å². The minimum absolute atomic E-state index is 0.189. The van der Waals surface area contributed by atoms with Crippen molar-refractivity contribution < 1.29 is 18.9 Å². The average molecular weight is 337 g/mol. The molecule has 3 aromatic rings. The van der Waals surface area contributed by atoms with Gasteiger partial charge in [-0.3, -0.25) is 4.79 Å². The molecule has 5 heteroatoms. The van der Waals surface area contributed by atoms with Crippen LogP contribution in [0.15, 0.2) is 34.7 Å². The highest BCUT2D eigenvalue weighted by Gasteiger charge is 2.35. The summed E-state index contributed by atoms with van der Waals surface area (Å²) in [6.45, 7) is 6.62. The molecule has 0 radical (unpaired) electrons. The zero-order chi connectivity index (χ0) is 17.8. The van der Waals surface area contributed by atoms with Gasteiger partial charge in [0.25, 0.3) is 0 Å². The van der Waals surface area contributed by atoms with E-state index in [0.717, 1.165) is 28.6 Å². The first-order chi connectivity index (χ1) is 11.9. The Labute approximate surface area is 145 Å². The van der Waals surface area contributed by atoms with Gasteiger partial charge in [-0.05, 0) is 19.4 Å². The van der Waals surface area contributed by atoms with E-state index in [0.29, 0.717) is 23.6 Å². The molecule has 4 rings (SSSR count). The number of ether oxygens (including phenoxy) is 1. The molecule has 0 saturated heterocycles. The van der Waals surface area contributed by atoms with Gasteiger partial charge in [0.15, 0.2) is 5.69 Å². The van der Waals surface area contributed by atoms with Crippen molar-refractivity contribution in [2.45, 2.75) is 39.4 Å². The van der Waals surface area contributed by atoms with Crippen molar-refractivity contribution in [3.63, 3.8) is 0 Å². The second-order valence-corrected chi connectivity index (χ2v) is 7.18. The van der Waals surface area contributed by atoms with E-state index in [-0.39, 0.29) is 17.1 Å². The normalized spacial score (nSPS) is 16.0. The molecule has 1 aliphatic rings. The van der Waals surface area contributed by atoms with Crippen molar-refractivity contribution in [3.8, 4) is 0 Å². The molecule has 0 aliphatic carbocycles. The lowest BCUT2D eigenvalue weighted by Gasteiger charge is -2.31. The first kappa shape index (κ1) is 15.8. The number of aryl methyl sites for hydroxylation is 1. The quantitative estimate of drug-likeness (QED) is 0.728. The van der Waals surface area contributed by atoms with Crippen LogP contribution in [0.1, 0.15) is 46.8 Å². The van der Waals surface area contributed by atoms with Crippen LogP contribution in [0, 0.1) is 6.92 Å². The molecule has 0 saturated carbocycles. The van der Waals surface area contributed by atoms with E-state index in [9.17, 15) is 4.79 Å². The van der Waals surface area contributed by atoms with E-state index < -0.39 is 0 Å². The Bertz CT molecular complexity index is 987. The number of H-pyrrole nitrogens is 1. The molecule has 0 unspecified atom stereocenters. The number of anilines is 1. The number of furan rings is 1. The SMILES string of the molecule is Cc1[nH+]c2oc(C(=O)c3ccccc3)c(N)c2c2c1COC(C)(C)C2. The van der Waals surface area contributed by atoms with Crippen LogP contribution in [0.25, 0.3) is 11.1 Å². The summed E-state index contributed by atoms with van der Waals surface area (Å²) in [5.74, 6) is -0.0185. The first-order valence-corrected chi connectivity index (χ1v) is 8.37. The molecular formula is C20H21N2O3+. The van der Waals surface area contributed by atoms with Gasteiger partial charge in [0, 0.05) is 24.5 Å². The van der Waals surface area contributed by atoms with Crippen molar-refractivity contribution in [1.82, 2.24) is 0 Å². The van der Waals surface area contributed by atoms with Crippen LogP contribution >= 0.6 is 0 Å². The fraction of sp³-hybridized carbons (Fsp3) is 0.300. The Morgan fingerprint density at radius 1 is 1.20 bits per heavy atom. The Kier molecular flexibility index (Phi) is 3.44. The molecule has 0 spiro atoms. The number of aromatic nitrogens is 1. The van der Waals surface area contributed by atoms with Crippen LogP contribution in [-0.2, 0) is 17.8 Å². The highest BCUT2D eigenvalue weighted by Crippen LogP contribution is 2.38. The Morgan fingerprint density at radius 2 is 1.92 bits per heavy atom. The number of nitrogens with one attached hydrogen (secondary N) is 1. The molecular weight excluding hydrogens is 316 g/mol. The summed E-state index contributed by atoms with van der Waals surface area (Å²) in [4.78, 5) is 16.0. The molecule has 0 amide bonds. The first-order valence-electron chi connectivity index (χ1n) is 8.37. The summed E-state index contributed by atoms with van der Waals surface area (Å²) >= 11 is 0.